The highest BCUT2D eigenvalue weighted by Crippen LogP contribution is 2.46. The number of ketones is 1. The molecule has 1 aromatic heterocycles. The quantitative estimate of drug-likeness (QED) is 0.595. The molecule has 2 aromatic rings. The van der Waals surface area contributed by atoms with Gasteiger partial charge in [-0.2, -0.15) is 0 Å². The molecule has 2 heterocycles. The molecule has 1 fully saturated rings. The number of rotatable bonds is 5. The largest absolute Gasteiger partial charge is 0.347 e. The van der Waals surface area contributed by atoms with Gasteiger partial charge in [-0.25, -0.2) is 4.68 Å². The fraction of sp³-hybridized carbons (Fsp3) is 0.474. The first-order chi connectivity index (χ1) is 12.4. The average molecular weight is 369 g/mol. The number of allylic oxidation sites excluding steroid dienone is 2. The lowest BCUT2D eigenvalue weighted by Crippen LogP contribution is -2.25. The highest BCUT2D eigenvalue weighted by Gasteiger charge is 2.39. The second-order valence-electron chi connectivity index (χ2n) is 7.53. The third-order valence-electron chi connectivity index (χ3n) is 5.26. The van der Waals surface area contributed by atoms with E-state index in [1.165, 1.54) is 17.3 Å². The van der Waals surface area contributed by atoms with Gasteiger partial charge in [0.2, 0.25) is 5.16 Å². The van der Waals surface area contributed by atoms with Gasteiger partial charge >= 0.3 is 0 Å². The Hall–Kier alpha value is -2.15. The van der Waals surface area contributed by atoms with E-state index in [1.807, 2.05) is 24.7 Å². The van der Waals surface area contributed by atoms with Crippen molar-refractivity contribution in [2.75, 3.05) is 11.9 Å². The van der Waals surface area contributed by atoms with E-state index in [1.54, 1.807) is 6.08 Å². The van der Waals surface area contributed by atoms with Crippen molar-refractivity contribution in [3.8, 4) is 0 Å². The van der Waals surface area contributed by atoms with Crippen LogP contribution in [0.5, 0.6) is 0 Å². The number of nitrogens with zero attached hydrogens (tertiary/aromatic N) is 5. The van der Waals surface area contributed by atoms with Crippen LogP contribution in [0.3, 0.4) is 0 Å². The molecule has 1 aliphatic heterocycles. The lowest BCUT2D eigenvalue weighted by molar-refractivity contribution is -0.114. The topological polar surface area (TPSA) is 63.9 Å². The summed E-state index contributed by atoms with van der Waals surface area (Å²) >= 11 is 1.44. The lowest BCUT2D eigenvalue weighted by atomic mass is 9.83. The van der Waals surface area contributed by atoms with Gasteiger partial charge in [-0.3, -0.25) is 4.79 Å². The minimum Gasteiger partial charge on any atom is -0.347 e. The van der Waals surface area contributed by atoms with Gasteiger partial charge in [0.1, 0.15) is 0 Å². The summed E-state index contributed by atoms with van der Waals surface area (Å²) in [6, 6.07) is 8.73. The number of para-hydroxylation sites is 1. The molecule has 0 amide bonds. The second kappa shape index (κ2) is 6.23. The van der Waals surface area contributed by atoms with E-state index >= 15 is 0 Å². The number of thioether (sulfide) groups is 1. The maximum absolute atomic E-state index is 12.9. The fourth-order valence-corrected chi connectivity index (χ4v) is 4.42. The Balaban J connectivity index is 1.56. The van der Waals surface area contributed by atoms with Crippen molar-refractivity contribution in [2.24, 2.45) is 0 Å². The van der Waals surface area contributed by atoms with Crippen LogP contribution < -0.4 is 4.90 Å². The standard InChI is InChI=1S/C19H23N5OS/c1-12(26-18-20-21-22-24(18)13-9-10-13)16(25)11-17-19(2,3)14-7-5-6-8-15(14)23(17)4/h5-8,11-13H,9-10H2,1-4H3. The maximum Gasteiger partial charge on any atom is 0.210 e. The van der Waals surface area contributed by atoms with E-state index in [0.29, 0.717) is 6.04 Å². The Labute approximate surface area is 157 Å². The molecule has 0 saturated heterocycles. The first-order valence-corrected chi connectivity index (χ1v) is 9.81. The normalized spacial score (nSPS) is 21.1. The summed E-state index contributed by atoms with van der Waals surface area (Å²) in [5, 5.41) is 12.4. The molecule has 26 heavy (non-hydrogen) atoms. The molecule has 0 radical (unpaired) electrons. The van der Waals surface area contributed by atoms with Crippen LogP contribution in [-0.2, 0) is 10.2 Å². The molecule has 7 heteroatoms. The highest BCUT2D eigenvalue weighted by atomic mass is 32.2. The summed E-state index contributed by atoms with van der Waals surface area (Å²) in [6.07, 6.45) is 4.02. The van der Waals surface area contributed by atoms with Gasteiger partial charge in [0.25, 0.3) is 0 Å². The van der Waals surface area contributed by atoms with Crippen molar-refractivity contribution in [3.05, 3.63) is 41.6 Å². The first-order valence-electron chi connectivity index (χ1n) is 8.93. The number of aromatic nitrogens is 4. The molecule has 1 atom stereocenters. The number of fused-ring (bicyclic) bond motifs is 1. The summed E-state index contributed by atoms with van der Waals surface area (Å²) in [5.74, 6) is 0.0862. The predicted octanol–water partition coefficient (Wildman–Crippen LogP) is 3.37. The lowest BCUT2D eigenvalue weighted by Gasteiger charge is -2.24. The number of carbonyl (C=O) groups excluding carboxylic acids is 1. The summed E-state index contributed by atoms with van der Waals surface area (Å²) in [5.41, 5.74) is 3.24. The molecule has 0 N–H and O–H groups in total. The van der Waals surface area contributed by atoms with Crippen LogP contribution in [0.15, 0.2) is 41.2 Å². The molecule has 136 valence electrons. The Morgan fingerprint density at radius 3 is 2.77 bits per heavy atom. The number of anilines is 1. The minimum absolute atomic E-state index is 0.0862. The predicted molar refractivity (Wildman–Crippen MR) is 102 cm³/mol. The number of likely N-dealkylation sites (N-methyl/N-ethyl adjacent to an activating group) is 1. The van der Waals surface area contributed by atoms with Crippen LogP contribution in [0.1, 0.15) is 45.2 Å². The van der Waals surface area contributed by atoms with Crippen LogP contribution in [0.2, 0.25) is 0 Å². The molecule has 1 saturated carbocycles. The number of hydrogen-bond acceptors (Lipinski definition) is 6. The molecule has 1 unspecified atom stereocenters. The Morgan fingerprint density at radius 1 is 1.35 bits per heavy atom. The van der Waals surface area contributed by atoms with Gasteiger partial charge in [-0.05, 0) is 41.8 Å². The molecular formula is C19H23N5OS. The minimum atomic E-state index is -0.237. The summed E-state index contributed by atoms with van der Waals surface area (Å²) in [6.45, 7) is 6.25. The van der Waals surface area contributed by atoms with Gasteiger partial charge in [-0.15, -0.1) is 5.10 Å². The van der Waals surface area contributed by atoms with Crippen molar-refractivity contribution in [1.82, 2.24) is 20.2 Å². The average Bonchev–Trinajstić information content (AvgIpc) is 3.33. The monoisotopic (exact) mass is 369 g/mol. The highest BCUT2D eigenvalue weighted by molar-refractivity contribution is 8.00. The van der Waals surface area contributed by atoms with Crippen LogP contribution in [0.4, 0.5) is 5.69 Å². The summed E-state index contributed by atoms with van der Waals surface area (Å²) in [7, 11) is 2.03. The van der Waals surface area contributed by atoms with Gasteiger partial charge in [-0.1, -0.05) is 43.8 Å². The summed E-state index contributed by atoms with van der Waals surface area (Å²) < 4.78 is 1.85. The van der Waals surface area contributed by atoms with Crippen LogP contribution in [-0.4, -0.2) is 38.3 Å². The Bertz CT molecular complexity index is 884. The third kappa shape index (κ3) is 2.84. The molecule has 6 nitrogen and oxygen atoms in total. The van der Waals surface area contributed by atoms with Gasteiger partial charge in [0.05, 0.1) is 11.3 Å². The molecule has 2 aliphatic rings. The van der Waals surface area contributed by atoms with E-state index in [4.69, 9.17) is 0 Å². The number of hydrogen-bond donors (Lipinski definition) is 0. The second-order valence-corrected chi connectivity index (χ2v) is 8.84. The molecule has 0 bridgehead atoms. The van der Waals surface area contributed by atoms with Crippen LogP contribution in [0.25, 0.3) is 0 Å². The number of benzene rings is 1. The zero-order chi connectivity index (χ0) is 18.5. The van der Waals surface area contributed by atoms with E-state index in [2.05, 4.69) is 52.5 Å². The van der Waals surface area contributed by atoms with Gasteiger partial charge in [0.15, 0.2) is 5.78 Å². The van der Waals surface area contributed by atoms with E-state index in [-0.39, 0.29) is 16.4 Å². The Morgan fingerprint density at radius 2 is 2.08 bits per heavy atom. The number of tetrazole rings is 1. The van der Waals surface area contributed by atoms with Crippen LogP contribution >= 0.6 is 11.8 Å². The summed E-state index contributed by atoms with van der Waals surface area (Å²) in [4.78, 5) is 15.0. The molecule has 0 spiro atoms. The van der Waals surface area contributed by atoms with Gasteiger partial charge in [0, 0.05) is 29.9 Å². The smallest absolute Gasteiger partial charge is 0.210 e. The molecule has 1 aromatic carbocycles. The van der Waals surface area contributed by atoms with Crippen molar-refractivity contribution < 1.29 is 4.79 Å². The van der Waals surface area contributed by atoms with E-state index < -0.39 is 0 Å². The van der Waals surface area contributed by atoms with Crippen molar-refractivity contribution in [1.29, 1.82) is 0 Å². The van der Waals surface area contributed by atoms with Crippen molar-refractivity contribution >= 4 is 23.2 Å². The van der Waals surface area contributed by atoms with Crippen molar-refractivity contribution in [2.45, 2.75) is 55.5 Å². The SMILES string of the molecule is CC(Sc1nnnn1C1CC1)C(=O)C=C1N(C)c2ccccc2C1(C)C. The molecule has 1 aliphatic carbocycles. The maximum atomic E-state index is 12.9. The Kier molecular flexibility index (Phi) is 4.14. The van der Waals surface area contributed by atoms with E-state index in [0.717, 1.165) is 29.4 Å². The zero-order valence-corrected chi connectivity index (χ0v) is 16.3. The molecular weight excluding hydrogens is 346 g/mol. The number of carbonyl (C=O) groups is 1. The van der Waals surface area contributed by atoms with Crippen molar-refractivity contribution in [3.63, 3.8) is 0 Å². The molecule has 4 rings (SSSR count). The first kappa shape index (κ1) is 17.3. The van der Waals surface area contributed by atoms with E-state index in [9.17, 15) is 4.79 Å². The van der Waals surface area contributed by atoms with Gasteiger partial charge < -0.3 is 4.90 Å². The fourth-order valence-electron chi connectivity index (χ4n) is 3.54. The zero-order valence-electron chi connectivity index (χ0n) is 15.5. The third-order valence-corrected chi connectivity index (χ3v) is 6.32. The van der Waals surface area contributed by atoms with Crippen LogP contribution in [0, 0.1) is 0 Å².